The second kappa shape index (κ2) is 5.83. The highest BCUT2D eigenvalue weighted by molar-refractivity contribution is 9.13. The molecule has 0 aromatic heterocycles. The lowest BCUT2D eigenvalue weighted by Gasteiger charge is -2.35. The smallest absolute Gasteiger partial charge is 0.0320 e. The van der Waals surface area contributed by atoms with Crippen molar-refractivity contribution in [2.24, 2.45) is 11.7 Å². The van der Waals surface area contributed by atoms with Gasteiger partial charge in [0.1, 0.15) is 0 Å². The average Bonchev–Trinajstić information content (AvgIpc) is 2.29. The largest absolute Gasteiger partial charge is 0.327 e. The van der Waals surface area contributed by atoms with Crippen molar-refractivity contribution in [1.29, 1.82) is 0 Å². The zero-order valence-corrected chi connectivity index (χ0v) is 13.2. The highest BCUT2D eigenvalue weighted by Crippen LogP contribution is 2.25. The fraction of sp³-hybridized carbons (Fsp3) is 0.538. The van der Waals surface area contributed by atoms with Gasteiger partial charge in [-0.1, -0.05) is 13.0 Å². The Kier molecular flexibility index (Phi) is 4.64. The Bertz CT molecular complexity index is 395. The predicted octanol–water partition coefficient (Wildman–Crippen LogP) is 3.38. The molecule has 2 atom stereocenters. The molecule has 17 heavy (non-hydrogen) atoms. The van der Waals surface area contributed by atoms with E-state index in [-0.39, 0.29) is 0 Å². The lowest BCUT2D eigenvalue weighted by Crippen LogP contribution is -2.45. The van der Waals surface area contributed by atoms with Gasteiger partial charge in [0.25, 0.3) is 0 Å². The fourth-order valence-corrected chi connectivity index (χ4v) is 2.96. The van der Waals surface area contributed by atoms with Crippen molar-refractivity contribution in [1.82, 2.24) is 4.90 Å². The Hall–Kier alpha value is 0.1000. The minimum absolute atomic E-state index is 0.378. The third-order valence-electron chi connectivity index (χ3n) is 3.45. The van der Waals surface area contributed by atoms with Gasteiger partial charge < -0.3 is 5.73 Å². The van der Waals surface area contributed by atoms with E-state index in [9.17, 15) is 0 Å². The average molecular weight is 362 g/mol. The Morgan fingerprint density at radius 1 is 1.35 bits per heavy atom. The van der Waals surface area contributed by atoms with Crippen molar-refractivity contribution in [3.05, 3.63) is 32.7 Å². The molecule has 1 aromatic rings. The first-order valence-corrected chi connectivity index (χ1v) is 7.56. The van der Waals surface area contributed by atoms with Gasteiger partial charge in [-0.3, -0.25) is 4.90 Å². The van der Waals surface area contributed by atoms with Crippen LogP contribution < -0.4 is 5.73 Å². The number of benzene rings is 1. The molecular weight excluding hydrogens is 344 g/mol. The molecule has 1 aliphatic rings. The SMILES string of the molecule is CC1CN(Cc2ccc(Br)c(Br)c2)CCC1N. The van der Waals surface area contributed by atoms with Crippen LogP contribution in [-0.4, -0.2) is 24.0 Å². The van der Waals surface area contributed by atoms with Crippen LogP contribution in [0.1, 0.15) is 18.9 Å². The van der Waals surface area contributed by atoms with Gasteiger partial charge in [0.15, 0.2) is 0 Å². The summed E-state index contributed by atoms with van der Waals surface area (Å²) in [6.07, 6.45) is 1.11. The molecule has 2 rings (SSSR count). The Morgan fingerprint density at radius 3 is 2.76 bits per heavy atom. The van der Waals surface area contributed by atoms with Crippen molar-refractivity contribution >= 4 is 31.9 Å². The summed E-state index contributed by atoms with van der Waals surface area (Å²) in [6, 6.07) is 6.83. The molecule has 0 radical (unpaired) electrons. The van der Waals surface area contributed by atoms with Gasteiger partial charge in [-0.15, -0.1) is 0 Å². The number of nitrogens with zero attached hydrogens (tertiary/aromatic N) is 1. The topological polar surface area (TPSA) is 29.3 Å². The maximum Gasteiger partial charge on any atom is 0.0320 e. The minimum Gasteiger partial charge on any atom is -0.327 e. The molecular formula is C13H18Br2N2. The lowest BCUT2D eigenvalue weighted by molar-refractivity contribution is 0.158. The van der Waals surface area contributed by atoms with E-state index < -0.39 is 0 Å². The quantitative estimate of drug-likeness (QED) is 0.874. The van der Waals surface area contributed by atoms with Crippen LogP contribution in [0.3, 0.4) is 0 Å². The van der Waals surface area contributed by atoms with E-state index in [0.717, 1.165) is 35.0 Å². The van der Waals surface area contributed by atoms with E-state index in [1.54, 1.807) is 0 Å². The third-order valence-corrected chi connectivity index (χ3v) is 5.33. The molecule has 0 aliphatic carbocycles. The normalized spacial score (nSPS) is 26.1. The molecule has 2 nitrogen and oxygen atoms in total. The molecule has 0 saturated carbocycles. The Labute approximate surface area is 120 Å². The molecule has 2 N–H and O–H groups in total. The van der Waals surface area contributed by atoms with E-state index in [2.05, 4.69) is 61.9 Å². The van der Waals surface area contributed by atoms with Crippen molar-refractivity contribution in [2.45, 2.75) is 25.9 Å². The number of hydrogen-bond donors (Lipinski definition) is 1. The first kappa shape index (κ1) is 13.5. The van der Waals surface area contributed by atoms with Gasteiger partial charge in [0.05, 0.1) is 0 Å². The first-order valence-electron chi connectivity index (χ1n) is 5.98. The maximum absolute atomic E-state index is 6.04. The monoisotopic (exact) mass is 360 g/mol. The van der Waals surface area contributed by atoms with Gasteiger partial charge in [0.2, 0.25) is 0 Å². The zero-order valence-electron chi connectivity index (χ0n) is 10.00. The summed E-state index contributed by atoms with van der Waals surface area (Å²) in [7, 11) is 0. The van der Waals surface area contributed by atoms with Gasteiger partial charge in [-0.25, -0.2) is 0 Å². The zero-order chi connectivity index (χ0) is 12.4. The molecule has 1 aromatic carbocycles. The van der Waals surface area contributed by atoms with Gasteiger partial charge in [-0.05, 0) is 68.4 Å². The van der Waals surface area contributed by atoms with Crippen molar-refractivity contribution < 1.29 is 0 Å². The van der Waals surface area contributed by atoms with Gasteiger partial charge in [0, 0.05) is 28.1 Å². The summed E-state index contributed by atoms with van der Waals surface area (Å²) in [5.74, 6) is 0.600. The molecule has 1 aliphatic heterocycles. The number of nitrogens with two attached hydrogens (primary N) is 1. The van der Waals surface area contributed by atoms with Crippen LogP contribution in [0.2, 0.25) is 0 Å². The lowest BCUT2D eigenvalue weighted by atomic mass is 9.94. The van der Waals surface area contributed by atoms with E-state index in [0.29, 0.717) is 12.0 Å². The van der Waals surface area contributed by atoms with Crippen LogP contribution in [-0.2, 0) is 6.54 Å². The van der Waals surface area contributed by atoms with Crippen molar-refractivity contribution in [2.75, 3.05) is 13.1 Å². The summed E-state index contributed by atoms with van der Waals surface area (Å²) in [6.45, 7) is 5.48. The predicted molar refractivity (Wildman–Crippen MR) is 78.9 cm³/mol. The molecule has 0 amide bonds. The minimum atomic E-state index is 0.378. The summed E-state index contributed by atoms with van der Waals surface area (Å²) >= 11 is 7.04. The molecule has 0 spiro atoms. The second-order valence-electron chi connectivity index (χ2n) is 4.91. The van der Waals surface area contributed by atoms with Crippen LogP contribution in [0.15, 0.2) is 27.1 Å². The van der Waals surface area contributed by atoms with E-state index in [4.69, 9.17) is 5.73 Å². The summed E-state index contributed by atoms with van der Waals surface area (Å²) in [4.78, 5) is 2.49. The molecule has 0 bridgehead atoms. The number of rotatable bonds is 2. The fourth-order valence-electron chi connectivity index (χ4n) is 2.29. The number of hydrogen-bond acceptors (Lipinski definition) is 2. The molecule has 1 saturated heterocycles. The highest BCUT2D eigenvalue weighted by Gasteiger charge is 2.22. The summed E-state index contributed by atoms with van der Waals surface area (Å²) in [5.41, 5.74) is 7.39. The van der Waals surface area contributed by atoms with Crippen molar-refractivity contribution in [3.63, 3.8) is 0 Å². The standard InChI is InChI=1S/C13H18Br2N2/c1-9-7-17(5-4-13(9)16)8-10-2-3-11(14)12(15)6-10/h2-3,6,9,13H,4-5,7-8,16H2,1H3. The molecule has 94 valence electrons. The van der Waals surface area contributed by atoms with Crippen LogP contribution >= 0.6 is 31.9 Å². The number of likely N-dealkylation sites (tertiary alicyclic amines) is 1. The first-order chi connectivity index (χ1) is 8.06. The van der Waals surface area contributed by atoms with Crippen LogP contribution in [0.25, 0.3) is 0 Å². The van der Waals surface area contributed by atoms with E-state index >= 15 is 0 Å². The maximum atomic E-state index is 6.04. The van der Waals surface area contributed by atoms with Crippen LogP contribution in [0, 0.1) is 5.92 Å². The molecule has 4 heteroatoms. The van der Waals surface area contributed by atoms with Crippen LogP contribution in [0.4, 0.5) is 0 Å². The second-order valence-corrected chi connectivity index (χ2v) is 6.62. The Balaban J connectivity index is 1.99. The summed E-state index contributed by atoms with van der Waals surface area (Å²) < 4.78 is 2.23. The number of piperidine rings is 1. The highest BCUT2D eigenvalue weighted by atomic mass is 79.9. The Morgan fingerprint density at radius 2 is 2.12 bits per heavy atom. The number of halogens is 2. The molecule has 1 fully saturated rings. The van der Waals surface area contributed by atoms with E-state index in [1.807, 2.05) is 0 Å². The van der Waals surface area contributed by atoms with Gasteiger partial charge in [-0.2, -0.15) is 0 Å². The van der Waals surface area contributed by atoms with Crippen molar-refractivity contribution in [3.8, 4) is 0 Å². The van der Waals surface area contributed by atoms with Crippen LogP contribution in [0.5, 0.6) is 0 Å². The van der Waals surface area contributed by atoms with Gasteiger partial charge >= 0.3 is 0 Å². The third kappa shape index (κ3) is 3.53. The van der Waals surface area contributed by atoms with E-state index in [1.165, 1.54) is 5.56 Å². The summed E-state index contributed by atoms with van der Waals surface area (Å²) in [5, 5.41) is 0. The molecule has 2 unspecified atom stereocenters. The molecule has 1 heterocycles.